The van der Waals surface area contributed by atoms with Crippen molar-refractivity contribution in [2.45, 2.75) is 18.8 Å². The maximum absolute atomic E-state index is 13.0. The molecule has 104 valence electrons. The maximum Gasteiger partial charge on any atom is 0.234 e. The van der Waals surface area contributed by atoms with Crippen LogP contribution in [-0.2, 0) is 10.2 Å². The van der Waals surface area contributed by atoms with Gasteiger partial charge in [0.15, 0.2) is 0 Å². The molecule has 2 rings (SSSR count). The lowest BCUT2D eigenvalue weighted by Crippen LogP contribution is -2.41. The number of nitrogens with two attached hydrogens (primary N) is 1. The molecule has 0 aliphatic heterocycles. The summed E-state index contributed by atoms with van der Waals surface area (Å²) in [7, 11) is 0. The molecule has 0 saturated heterocycles. The molecule has 1 fully saturated rings. The standard InChI is InChI=1S/C14H19FN2OS/c1-3-17(9-10(2)15)13(18)14(7-11(14)8-16)12-5-4-6-19-12/h4-6,11H,2-3,7-9,16H2,1H3/t11-,14-/m1/s1. The number of hydrogen-bond acceptors (Lipinski definition) is 3. The lowest BCUT2D eigenvalue weighted by atomic mass is 9.99. The van der Waals surface area contributed by atoms with Gasteiger partial charge in [0.1, 0.15) is 5.83 Å². The summed E-state index contributed by atoms with van der Waals surface area (Å²) in [5.74, 6) is -0.339. The summed E-state index contributed by atoms with van der Waals surface area (Å²) in [5, 5.41) is 1.96. The number of thiophene rings is 1. The summed E-state index contributed by atoms with van der Waals surface area (Å²) in [5.41, 5.74) is 5.22. The largest absolute Gasteiger partial charge is 0.336 e. The zero-order valence-corrected chi connectivity index (χ0v) is 11.9. The van der Waals surface area contributed by atoms with Crippen LogP contribution in [0.15, 0.2) is 29.9 Å². The number of carbonyl (C=O) groups is 1. The topological polar surface area (TPSA) is 46.3 Å². The Morgan fingerprint density at radius 3 is 2.89 bits per heavy atom. The molecule has 1 amide bonds. The Hall–Kier alpha value is -1.20. The molecule has 1 aliphatic carbocycles. The molecule has 19 heavy (non-hydrogen) atoms. The van der Waals surface area contributed by atoms with Crippen molar-refractivity contribution in [2.24, 2.45) is 11.7 Å². The molecule has 1 aromatic rings. The second kappa shape index (κ2) is 5.43. The molecule has 5 heteroatoms. The smallest absolute Gasteiger partial charge is 0.234 e. The molecule has 2 atom stereocenters. The number of nitrogens with zero attached hydrogens (tertiary/aromatic N) is 1. The summed E-state index contributed by atoms with van der Waals surface area (Å²) < 4.78 is 13.0. The van der Waals surface area contributed by atoms with Crippen molar-refractivity contribution in [3.05, 3.63) is 34.8 Å². The second-order valence-electron chi connectivity index (χ2n) is 4.92. The first-order valence-corrected chi connectivity index (χ1v) is 7.31. The third-order valence-electron chi connectivity index (χ3n) is 3.76. The van der Waals surface area contributed by atoms with Crippen LogP contribution in [0.2, 0.25) is 0 Å². The minimum absolute atomic E-state index is 0.0216. The van der Waals surface area contributed by atoms with Gasteiger partial charge in [0.25, 0.3) is 0 Å². The molecule has 2 N–H and O–H groups in total. The summed E-state index contributed by atoms with van der Waals surface area (Å²) >= 11 is 1.57. The fourth-order valence-corrected chi connectivity index (χ4v) is 3.64. The van der Waals surface area contributed by atoms with Gasteiger partial charge < -0.3 is 10.6 Å². The van der Waals surface area contributed by atoms with Gasteiger partial charge in [-0.1, -0.05) is 12.6 Å². The van der Waals surface area contributed by atoms with Crippen LogP contribution in [0.25, 0.3) is 0 Å². The van der Waals surface area contributed by atoms with Crippen molar-refractivity contribution in [1.82, 2.24) is 4.90 Å². The van der Waals surface area contributed by atoms with Crippen LogP contribution < -0.4 is 5.73 Å². The second-order valence-corrected chi connectivity index (χ2v) is 5.87. The predicted octanol–water partition coefficient (Wildman–Crippen LogP) is 2.30. The zero-order chi connectivity index (χ0) is 14.0. The molecule has 1 aromatic heterocycles. The van der Waals surface area contributed by atoms with Gasteiger partial charge in [-0.05, 0) is 37.3 Å². The molecule has 0 spiro atoms. The molecule has 1 saturated carbocycles. The Kier molecular flexibility index (Phi) is 4.06. The lowest BCUT2D eigenvalue weighted by molar-refractivity contribution is -0.133. The predicted molar refractivity (Wildman–Crippen MR) is 75.7 cm³/mol. The first-order valence-electron chi connectivity index (χ1n) is 6.43. The zero-order valence-electron chi connectivity index (χ0n) is 11.1. The van der Waals surface area contributed by atoms with E-state index in [0.29, 0.717) is 13.1 Å². The molecule has 1 aliphatic rings. The Bertz CT molecular complexity index is 474. The summed E-state index contributed by atoms with van der Waals surface area (Å²) in [6.07, 6.45) is 0.762. The highest BCUT2D eigenvalue weighted by atomic mass is 32.1. The van der Waals surface area contributed by atoms with Crippen molar-refractivity contribution < 1.29 is 9.18 Å². The van der Waals surface area contributed by atoms with Gasteiger partial charge in [0, 0.05) is 11.4 Å². The first kappa shape index (κ1) is 14.2. The maximum atomic E-state index is 13.0. The number of rotatable bonds is 6. The highest BCUT2D eigenvalue weighted by Crippen LogP contribution is 2.56. The number of amides is 1. The molecule has 1 heterocycles. The van der Waals surface area contributed by atoms with E-state index in [1.807, 2.05) is 24.4 Å². The van der Waals surface area contributed by atoms with Gasteiger partial charge in [-0.2, -0.15) is 0 Å². The molecule has 3 nitrogen and oxygen atoms in total. The number of halogens is 1. The number of carbonyl (C=O) groups excluding carboxylic acids is 1. The van der Waals surface area contributed by atoms with Gasteiger partial charge in [0.05, 0.1) is 12.0 Å². The van der Waals surface area contributed by atoms with Crippen LogP contribution in [-0.4, -0.2) is 30.4 Å². The Morgan fingerprint density at radius 1 is 1.74 bits per heavy atom. The van der Waals surface area contributed by atoms with Crippen molar-refractivity contribution >= 4 is 17.2 Å². The minimum atomic E-state index is -0.519. The van der Waals surface area contributed by atoms with Crippen molar-refractivity contribution in [1.29, 1.82) is 0 Å². The van der Waals surface area contributed by atoms with E-state index in [9.17, 15) is 9.18 Å². The molecular weight excluding hydrogens is 263 g/mol. The third kappa shape index (κ3) is 2.44. The van der Waals surface area contributed by atoms with E-state index in [4.69, 9.17) is 5.73 Å². The monoisotopic (exact) mass is 282 g/mol. The number of hydrogen-bond donors (Lipinski definition) is 1. The minimum Gasteiger partial charge on any atom is -0.336 e. The summed E-state index contributed by atoms with van der Waals surface area (Å²) in [6.45, 7) is 6.03. The molecule has 0 bridgehead atoms. The highest BCUT2D eigenvalue weighted by Gasteiger charge is 2.61. The van der Waals surface area contributed by atoms with E-state index in [-0.39, 0.29) is 18.4 Å². The van der Waals surface area contributed by atoms with Crippen LogP contribution in [0, 0.1) is 5.92 Å². The highest BCUT2D eigenvalue weighted by molar-refractivity contribution is 7.10. The van der Waals surface area contributed by atoms with Crippen LogP contribution in [0.1, 0.15) is 18.2 Å². The normalized spacial score (nSPS) is 25.1. The first-order chi connectivity index (χ1) is 9.06. The molecule has 0 aromatic carbocycles. The lowest BCUT2D eigenvalue weighted by Gasteiger charge is -2.26. The average molecular weight is 282 g/mol. The van der Waals surface area contributed by atoms with Gasteiger partial charge in [0.2, 0.25) is 5.91 Å². The van der Waals surface area contributed by atoms with Crippen LogP contribution in [0.3, 0.4) is 0 Å². The molecule has 0 radical (unpaired) electrons. The van der Waals surface area contributed by atoms with Gasteiger partial charge in [-0.15, -0.1) is 11.3 Å². The SMILES string of the molecule is C=C(F)CN(CC)C(=O)[C@]1(c2cccs2)C[C@@H]1CN. The Balaban J connectivity index is 2.26. The summed E-state index contributed by atoms with van der Waals surface area (Å²) in [4.78, 5) is 15.3. The fraction of sp³-hybridized carbons (Fsp3) is 0.500. The third-order valence-corrected chi connectivity index (χ3v) is 4.81. The Labute approximate surface area is 116 Å². The van der Waals surface area contributed by atoms with E-state index in [1.165, 1.54) is 4.90 Å². The van der Waals surface area contributed by atoms with E-state index in [1.54, 1.807) is 11.3 Å². The van der Waals surface area contributed by atoms with E-state index >= 15 is 0 Å². The van der Waals surface area contributed by atoms with E-state index in [0.717, 1.165) is 11.3 Å². The molecule has 0 unspecified atom stereocenters. The molecular formula is C14H19FN2OS. The van der Waals surface area contributed by atoms with E-state index < -0.39 is 11.2 Å². The van der Waals surface area contributed by atoms with Crippen LogP contribution >= 0.6 is 11.3 Å². The Morgan fingerprint density at radius 2 is 2.47 bits per heavy atom. The average Bonchev–Trinajstić information content (AvgIpc) is 2.88. The van der Waals surface area contributed by atoms with E-state index in [2.05, 4.69) is 6.58 Å². The van der Waals surface area contributed by atoms with Crippen LogP contribution in [0.4, 0.5) is 4.39 Å². The quantitative estimate of drug-likeness (QED) is 0.870. The van der Waals surface area contributed by atoms with Gasteiger partial charge in [-0.3, -0.25) is 4.79 Å². The van der Waals surface area contributed by atoms with Crippen molar-refractivity contribution in [2.75, 3.05) is 19.6 Å². The van der Waals surface area contributed by atoms with Gasteiger partial charge in [-0.25, -0.2) is 4.39 Å². The van der Waals surface area contributed by atoms with Gasteiger partial charge >= 0.3 is 0 Å². The summed E-state index contributed by atoms with van der Waals surface area (Å²) in [6, 6.07) is 3.90. The van der Waals surface area contributed by atoms with Crippen molar-refractivity contribution in [3.63, 3.8) is 0 Å². The fourth-order valence-electron chi connectivity index (χ4n) is 2.63. The van der Waals surface area contributed by atoms with Crippen molar-refractivity contribution in [3.8, 4) is 0 Å². The van der Waals surface area contributed by atoms with Crippen LogP contribution in [0.5, 0.6) is 0 Å². The number of likely N-dealkylation sites (N-methyl/N-ethyl adjacent to an activating group) is 1.